The van der Waals surface area contributed by atoms with Crippen molar-refractivity contribution in [3.63, 3.8) is 0 Å². The minimum Gasteiger partial charge on any atom is -0.497 e. The topological polar surface area (TPSA) is 34.4 Å². The van der Waals surface area contributed by atoms with Crippen molar-refractivity contribution in [2.75, 3.05) is 13.7 Å². The number of hydrogen-bond donors (Lipinski definition) is 1. The summed E-state index contributed by atoms with van der Waals surface area (Å²) in [5.74, 6) is 2.91. The van der Waals surface area contributed by atoms with Crippen molar-refractivity contribution in [1.82, 2.24) is 5.32 Å². The van der Waals surface area contributed by atoms with Gasteiger partial charge in [-0.05, 0) is 62.6 Å². The van der Waals surface area contributed by atoms with Crippen LogP contribution in [0, 0.1) is 6.92 Å². The molecule has 0 saturated carbocycles. The van der Waals surface area contributed by atoms with Crippen LogP contribution in [-0.4, -0.2) is 13.7 Å². The summed E-state index contributed by atoms with van der Waals surface area (Å²) in [7, 11) is 1.69. The molecule has 3 heteroatoms. The molecule has 3 nitrogen and oxygen atoms in total. The van der Waals surface area contributed by atoms with Gasteiger partial charge in [0.05, 0.1) is 13.2 Å². The van der Waals surface area contributed by atoms with E-state index in [9.17, 15) is 0 Å². The second-order valence-electron chi connectivity index (χ2n) is 5.34. The van der Waals surface area contributed by atoms with Crippen molar-refractivity contribution in [2.45, 2.75) is 39.2 Å². The summed E-state index contributed by atoms with van der Waals surface area (Å²) in [6.45, 7) is 5.18. The number of hydrogen-bond acceptors (Lipinski definition) is 3. The van der Waals surface area contributed by atoms with Crippen molar-refractivity contribution >= 4 is 0 Å². The van der Waals surface area contributed by atoms with Crippen molar-refractivity contribution in [3.8, 4) is 5.75 Å². The number of methoxy groups -OCH3 is 1. The number of benzene rings is 1. The third kappa shape index (κ3) is 4.64. The van der Waals surface area contributed by atoms with Crippen molar-refractivity contribution < 1.29 is 9.15 Å². The number of aryl methyl sites for hydroxylation is 2. The molecule has 0 amide bonds. The van der Waals surface area contributed by atoms with Gasteiger partial charge in [0.25, 0.3) is 0 Å². The Labute approximate surface area is 127 Å². The first-order chi connectivity index (χ1) is 10.2. The summed E-state index contributed by atoms with van der Waals surface area (Å²) in [6, 6.07) is 12.7. The van der Waals surface area contributed by atoms with Gasteiger partial charge in [0.2, 0.25) is 0 Å². The quantitative estimate of drug-likeness (QED) is 0.787. The Kier molecular flexibility index (Phi) is 5.88. The molecule has 2 aromatic rings. The van der Waals surface area contributed by atoms with Crippen LogP contribution in [0.5, 0.6) is 5.75 Å². The van der Waals surface area contributed by atoms with E-state index in [-0.39, 0.29) is 6.04 Å². The van der Waals surface area contributed by atoms with Crippen molar-refractivity contribution in [2.24, 2.45) is 0 Å². The normalized spacial score (nSPS) is 12.3. The van der Waals surface area contributed by atoms with Gasteiger partial charge in [-0.2, -0.15) is 0 Å². The lowest BCUT2D eigenvalue weighted by Gasteiger charge is -2.16. The summed E-state index contributed by atoms with van der Waals surface area (Å²) in [5, 5.41) is 3.57. The lowest BCUT2D eigenvalue weighted by Crippen LogP contribution is -2.22. The van der Waals surface area contributed by atoms with Gasteiger partial charge in [-0.1, -0.05) is 19.1 Å². The van der Waals surface area contributed by atoms with Crippen LogP contribution < -0.4 is 10.1 Å². The van der Waals surface area contributed by atoms with Crippen LogP contribution in [0.4, 0.5) is 0 Å². The van der Waals surface area contributed by atoms with Crippen LogP contribution >= 0.6 is 0 Å². The Morgan fingerprint density at radius 2 is 1.90 bits per heavy atom. The number of ether oxygens (including phenoxy) is 1. The molecule has 0 radical (unpaired) electrons. The molecule has 2 rings (SSSR count). The van der Waals surface area contributed by atoms with Gasteiger partial charge in [0.1, 0.15) is 17.3 Å². The molecule has 21 heavy (non-hydrogen) atoms. The van der Waals surface area contributed by atoms with E-state index in [4.69, 9.17) is 9.15 Å². The highest BCUT2D eigenvalue weighted by Gasteiger charge is 2.14. The van der Waals surface area contributed by atoms with Gasteiger partial charge in [0, 0.05) is 0 Å². The highest BCUT2D eigenvalue weighted by atomic mass is 16.5. The van der Waals surface area contributed by atoms with E-state index in [2.05, 4.69) is 30.4 Å². The Balaban J connectivity index is 1.97. The predicted molar refractivity (Wildman–Crippen MR) is 85.8 cm³/mol. The molecule has 1 atom stereocenters. The fourth-order valence-electron chi connectivity index (χ4n) is 2.41. The third-order valence-electron chi connectivity index (χ3n) is 3.63. The van der Waals surface area contributed by atoms with Crippen molar-refractivity contribution in [1.29, 1.82) is 0 Å². The van der Waals surface area contributed by atoms with Crippen LogP contribution in [0.15, 0.2) is 40.8 Å². The molecule has 0 fully saturated rings. The maximum absolute atomic E-state index is 5.79. The second-order valence-corrected chi connectivity index (χ2v) is 5.34. The molecule has 0 aliphatic carbocycles. The van der Waals surface area contributed by atoms with Crippen LogP contribution in [0.25, 0.3) is 0 Å². The maximum atomic E-state index is 5.79. The molecule has 1 aromatic heterocycles. The fraction of sp³-hybridized carbons (Fsp3) is 0.444. The minimum atomic E-state index is 0.278. The summed E-state index contributed by atoms with van der Waals surface area (Å²) in [6.07, 6.45) is 3.17. The van der Waals surface area contributed by atoms with Gasteiger partial charge in [-0.25, -0.2) is 0 Å². The summed E-state index contributed by atoms with van der Waals surface area (Å²) in [5.41, 5.74) is 1.32. The summed E-state index contributed by atoms with van der Waals surface area (Å²) < 4.78 is 11.0. The Hall–Kier alpha value is -1.74. The molecular formula is C18H25NO2. The first kappa shape index (κ1) is 15.6. The lowest BCUT2D eigenvalue weighted by atomic mass is 10.0. The van der Waals surface area contributed by atoms with Gasteiger partial charge in [-0.15, -0.1) is 0 Å². The second kappa shape index (κ2) is 7.89. The average molecular weight is 287 g/mol. The van der Waals surface area contributed by atoms with E-state index in [1.54, 1.807) is 7.11 Å². The molecule has 0 aliphatic rings. The lowest BCUT2D eigenvalue weighted by molar-refractivity contribution is 0.385. The highest BCUT2D eigenvalue weighted by Crippen LogP contribution is 2.22. The highest BCUT2D eigenvalue weighted by molar-refractivity contribution is 5.27. The minimum absolute atomic E-state index is 0.278. The zero-order valence-electron chi connectivity index (χ0n) is 13.2. The van der Waals surface area contributed by atoms with Gasteiger partial charge in [0.15, 0.2) is 0 Å². The molecule has 0 spiro atoms. The van der Waals surface area contributed by atoms with Gasteiger partial charge in [-0.3, -0.25) is 0 Å². The molecule has 0 aliphatic heterocycles. The number of furan rings is 1. The molecule has 1 aromatic carbocycles. The molecule has 0 saturated heterocycles. The smallest absolute Gasteiger partial charge is 0.121 e. The van der Waals surface area contributed by atoms with E-state index in [1.807, 2.05) is 25.1 Å². The molecule has 1 unspecified atom stereocenters. The van der Waals surface area contributed by atoms with Crippen LogP contribution in [-0.2, 0) is 6.42 Å². The summed E-state index contributed by atoms with van der Waals surface area (Å²) >= 11 is 0. The van der Waals surface area contributed by atoms with E-state index < -0.39 is 0 Å². The van der Waals surface area contributed by atoms with E-state index in [0.717, 1.165) is 43.1 Å². The first-order valence-electron chi connectivity index (χ1n) is 7.65. The molecule has 1 heterocycles. The SMILES string of the molecule is CCCNC(CCc1ccc(OC)cc1)c1ccc(C)o1. The fourth-order valence-corrected chi connectivity index (χ4v) is 2.41. The predicted octanol–water partition coefficient (Wildman–Crippen LogP) is 4.27. The maximum Gasteiger partial charge on any atom is 0.121 e. The zero-order chi connectivity index (χ0) is 15.1. The van der Waals surface area contributed by atoms with Crippen LogP contribution in [0.3, 0.4) is 0 Å². The number of rotatable bonds is 8. The van der Waals surface area contributed by atoms with E-state index in [1.165, 1.54) is 5.56 Å². The standard InChI is InChI=1S/C18H25NO2/c1-4-13-19-17(18-12-5-14(2)21-18)11-8-15-6-9-16(20-3)10-7-15/h5-7,9-10,12,17,19H,4,8,11,13H2,1-3H3. The molecule has 1 N–H and O–H groups in total. The molecule has 114 valence electrons. The monoisotopic (exact) mass is 287 g/mol. The largest absolute Gasteiger partial charge is 0.497 e. The van der Waals surface area contributed by atoms with Gasteiger partial charge >= 0.3 is 0 Å². The Bertz CT molecular complexity index is 530. The average Bonchev–Trinajstić information content (AvgIpc) is 2.94. The van der Waals surface area contributed by atoms with Crippen LogP contribution in [0.1, 0.15) is 42.9 Å². The zero-order valence-corrected chi connectivity index (χ0v) is 13.2. The van der Waals surface area contributed by atoms with E-state index in [0.29, 0.717) is 0 Å². The Morgan fingerprint density at radius 1 is 1.14 bits per heavy atom. The molecule has 0 bridgehead atoms. The number of nitrogens with one attached hydrogen (secondary N) is 1. The Morgan fingerprint density at radius 3 is 2.48 bits per heavy atom. The van der Waals surface area contributed by atoms with Crippen LogP contribution in [0.2, 0.25) is 0 Å². The van der Waals surface area contributed by atoms with Gasteiger partial charge < -0.3 is 14.5 Å². The third-order valence-corrected chi connectivity index (χ3v) is 3.63. The first-order valence-corrected chi connectivity index (χ1v) is 7.65. The van der Waals surface area contributed by atoms with Crippen molar-refractivity contribution in [3.05, 3.63) is 53.5 Å². The van der Waals surface area contributed by atoms with E-state index >= 15 is 0 Å². The summed E-state index contributed by atoms with van der Waals surface area (Å²) in [4.78, 5) is 0. The molecular weight excluding hydrogens is 262 g/mol.